The minimum absolute atomic E-state index is 0.260. The SMILES string of the molecule is CC1OCCC1CNc1nc(NN)c(Cl)cc1Cl. The van der Waals surface area contributed by atoms with E-state index in [1.165, 1.54) is 0 Å². The number of anilines is 2. The predicted octanol–water partition coefficient (Wildman–Crippen LogP) is 2.51. The summed E-state index contributed by atoms with van der Waals surface area (Å²) in [6, 6.07) is 1.61. The van der Waals surface area contributed by atoms with E-state index >= 15 is 0 Å². The molecule has 1 aliphatic heterocycles. The lowest BCUT2D eigenvalue weighted by atomic mass is 10.0. The van der Waals surface area contributed by atoms with Crippen molar-refractivity contribution in [3.05, 3.63) is 16.1 Å². The van der Waals surface area contributed by atoms with Crippen LogP contribution in [0.2, 0.25) is 10.0 Å². The molecular formula is C11H16Cl2N4O. The van der Waals surface area contributed by atoms with E-state index in [2.05, 4.69) is 22.7 Å². The Hall–Kier alpha value is -0.750. The molecule has 0 spiro atoms. The maximum absolute atomic E-state index is 6.07. The zero-order chi connectivity index (χ0) is 13.1. The third-order valence-corrected chi connectivity index (χ3v) is 3.71. The minimum Gasteiger partial charge on any atom is -0.378 e. The Morgan fingerprint density at radius 3 is 2.78 bits per heavy atom. The quantitative estimate of drug-likeness (QED) is 0.587. The van der Waals surface area contributed by atoms with Crippen LogP contribution in [0.4, 0.5) is 11.6 Å². The number of pyridine rings is 1. The Morgan fingerprint density at radius 1 is 1.44 bits per heavy atom. The van der Waals surface area contributed by atoms with Crippen molar-refractivity contribution < 1.29 is 4.74 Å². The average molecular weight is 291 g/mol. The first-order chi connectivity index (χ1) is 8.61. The maximum Gasteiger partial charge on any atom is 0.161 e. The highest BCUT2D eigenvalue weighted by atomic mass is 35.5. The third-order valence-electron chi connectivity index (χ3n) is 3.13. The summed E-state index contributed by atoms with van der Waals surface area (Å²) < 4.78 is 5.50. The van der Waals surface area contributed by atoms with E-state index in [-0.39, 0.29) is 6.10 Å². The van der Waals surface area contributed by atoms with Crippen LogP contribution in [0, 0.1) is 5.92 Å². The lowest BCUT2D eigenvalue weighted by molar-refractivity contribution is 0.108. The number of nitrogens with one attached hydrogen (secondary N) is 2. The number of aromatic nitrogens is 1. The highest BCUT2D eigenvalue weighted by molar-refractivity contribution is 6.37. The van der Waals surface area contributed by atoms with Gasteiger partial charge in [-0.1, -0.05) is 23.2 Å². The first-order valence-corrected chi connectivity index (χ1v) is 6.55. The van der Waals surface area contributed by atoms with E-state index in [0.717, 1.165) is 19.6 Å². The number of nitrogens with zero attached hydrogens (tertiary/aromatic N) is 1. The van der Waals surface area contributed by atoms with Gasteiger partial charge in [-0.3, -0.25) is 0 Å². The van der Waals surface area contributed by atoms with Crippen molar-refractivity contribution in [2.45, 2.75) is 19.4 Å². The summed E-state index contributed by atoms with van der Waals surface area (Å²) in [5.74, 6) is 6.77. The number of rotatable bonds is 4. The average Bonchev–Trinajstić information content (AvgIpc) is 2.74. The largest absolute Gasteiger partial charge is 0.378 e. The van der Waals surface area contributed by atoms with Crippen LogP contribution in [-0.2, 0) is 4.74 Å². The minimum atomic E-state index is 0.260. The standard InChI is InChI=1S/C11H16Cl2N4O/c1-6-7(2-3-18-6)5-15-10-8(12)4-9(13)11(16-10)17-14/h4,6-7H,2-3,5,14H2,1H3,(H2,15,16,17). The highest BCUT2D eigenvalue weighted by Gasteiger charge is 2.24. The summed E-state index contributed by atoms with van der Waals surface area (Å²) in [5.41, 5.74) is 2.43. The van der Waals surface area contributed by atoms with Gasteiger partial charge in [0.1, 0.15) is 5.82 Å². The Morgan fingerprint density at radius 2 is 2.17 bits per heavy atom. The van der Waals surface area contributed by atoms with E-state index in [9.17, 15) is 0 Å². The van der Waals surface area contributed by atoms with Crippen LogP contribution in [0.1, 0.15) is 13.3 Å². The van der Waals surface area contributed by atoms with E-state index < -0.39 is 0 Å². The highest BCUT2D eigenvalue weighted by Crippen LogP contribution is 2.29. The molecule has 4 N–H and O–H groups in total. The molecule has 1 fully saturated rings. The number of ether oxygens (including phenoxy) is 1. The molecule has 0 aliphatic carbocycles. The van der Waals surface area contributed by atoms with Crippen LogP contribution in [0.15, 0.2) is 6.07 Å². The monoisotopic (exact) mass is 290 g/mol. The number of halogens is 2. The van der Waals surface area contributed by atoms with Crippen LogP contribution in [0.25, 0.3) is 0 Å². The third kappa shape index (κ3) is 2.98. The van der Waals surface area contributed by atoms with Gasteiger partial charge in [-0.25, -0.2) is 10.8 Å². The first-order valence-electron chi connectivity index (χ1n) is 5.80. The Labute approximate surface area is 116 Å². The molecular weight excluding hydrogens is 275 g/mol. The second kappa shape index (κ2) is 5.93. The summed E-state index contributed by atoms with van der Waals surface area (Å²) in [4.78, 5) is 4.22. The van der Waals surface area contributed by atoms with Crippen molar-refractivity contribution in [1.29, 1.82) is 0 Å². The summed E-state index contributed by atoms with van der Waals surface area (Å²) in [6.07, 6.45) is 1.30. The van der Waals surface area contributed by atoms with Crippen LogP contribution in [0.5, 0.6) is 0 Å². The molecule has 1 aromatic heterocycles. The second-order valence-electron chi connectivity index (χ2n) is 4.30. The van der Waals surface area contributed by atoms with Crippen LogP contribution < -0.4 is 16.6 Å². The summed E-state index contributed by atoms with van der Waals surface area (Å²) in [5, 5.41) is 4.08. The molecule has 0 aromatic carbocycles. The van der Waals surface area contributed by atoms with Crippen molar-refractivity contribution in [3.63, 3.8) is 0 Å². The van der Waals surface area contributed by atoms with E-state index in [1.807, 2.05) is 0 Å². The molecule has 2 heterocycles. The molecule has 5 nitrogen and oxygen atoms in total. The zero-order valence-electron chi connectivity index (χ0n) is 10.0. The molecule has 0 bridgehead atoms. The van der Waals surface area contributed by atoms with Crippen molar-refractivity contribution in [1.82, 2.24) is 4.98 Å². The van der Waals surface area contributed by atoms with Gasteiger partial charge in [0.15, 0.2) is 5.82 Å². The van der Waals surface area contributed by atoms with Gasteiger partial charge in [0, 0.05) is 19.1 Å². The van der Waals surface area contributed by atoms with Gasteiger partial charge in [-0.15, -0.1) is 0 Å². The molecule has 100 valence electrons. The van der Waals surface area contributed by atoms with Gasteiger partial charge >= 0.3 is 0 Å². The fourth-order valence-electron chi connectivity index (χ4n) is 1.96. The van der Waals surface area contributed by atoms with Crippen LogP contribution in [-0.4, -0.2) is 24.2 Å². The molecule has 2 rings (SSSR count). The number of hydrogen-bond donors (Lipinski definition) is 3. The molecule has 1 saturated heterocycles. The van der Waals surface area contributed by atoms with Crippen molar-refractivity contribution in [2.24, 2.45) is 11.8 Å². The van der Waals surface area contributed by atoms with Crippen LogP contribution >= 0.6 is 23.2 Å². The fourth-order valence-corrected chi connectivity index (χ4v) is 2.44. The van der Waals surface area contributed by atoms with Gasteiger partial charge in [-0.2, -0.15) is 0 Å². The summed E-state index contributed by atoms with van der Waals surface area (Å²) in [6.45, 7) is 3.65. The molecule has 2 unspecified atom stereocenters. The Kier molecular flexibility index (Phi) is 4.50. The van der Waals surface area contributed by atoms with E-state index in [0.29, 0.717) is 27.6 Å². The topological polar surface area (TPSA) is 72.2 Å². The zero-order valence-corrected chi connectivity index (χ0v) is 11.6. The van der Waals surface area contributed by atoms with Gasteiger partial charge < -0.3 is 15.5 Å². The summed E-state index contributed by atoms with van der Waals surface area (Å²) in [7, 11) is 0. The molecule has 0 saturated carbocycles. The fraction of sp³-hybridized carbons (Fsp3) is 0.545. The van der Waals surface area contributed by atoms with Gasteiger partial charge in [0.05, 0.1) is 16.1 Å². The molecule has 1 aromatic rings. The molecule has 0 amide bonds. The maximum atomic E-state index is 6.07. The van der Waals surface area contributed by atoms with E-state index in [4.69, 9.17) is 33.8 Å². The second-order valence-corrected chi connectivity index (χ2v) is 5.11. The molecule has 0 radical (unpaired) electrons. The van der Waals surface area contributed by atoms with Crippen molar-refractivity contribution >= 4 is 34.8 Å². The normalized spacial score (nSPS) is 23.1. The van der Waals surface area contributed by atoms with Gasteiger partial charge in [-0.05, 0) is 19.4 Å². The lowest BCUT2D eigenvalue weighted by Crippen LogP contribution is -2.21. The Balaban J connectivity index is 2.04. The van der Waals surface area contributed by atoms with Crippen molar-refractivity contribution in [3.8, 4) is 0 Å². The predicted molar refractivity (Wildman–Crippen MR) is 74.1 cm³/mol. The summed E-state index contributed by atoms with van der Waals surface area (Å²) >= 11 is 12.0. The number of hydrogen-bond acceptors (Lipinski definition) is 5. The molecule has 7 heteroatoms. The number of nitrogen functional groups attached to an aromatic ring is 1. The number of hydrazine groups is 1. The Bertz CT molecular complexity index is 430. The molecule has 2 atom stereocenters. The van der Waals surface area contributed by atoms with E-state index in [1.54, 1.807) is 6.07 Å². The number of nitrogens with two attached hydrogens (primary N) is 1. The van der Waals surface area contributed by atoms with Crippen LogP contribution in [0.3, 0.4) is 0 Å². The molecule has 1 aliphatic rings. The van der Waals surface area contributed by atoms with Crippen molar-refractivity contribution in [2.75, 3.05) is 23.9 Å². The van der Waals surface area contributed by atoms with Gasteiger partial charge in [0.25, 0.3) is 0 Å². The van der Waals surface area contributed by atoms with Gasteiger partial charge in [0.2, 0.25) is 0 Å². The smallest absolute Gasteiger partial charge is 0.161 e. The lowest BCUT2D eigenvalue weighted by Gasteiger charge is -2.16. The molecule has 18 heavy (non-hydrogen) atoms. The first kappa shape index (κ1) is 13.7.